The Hall–Kier alpha value is -4.33. The number of ether oxygens (including phenoxy) is 1. The largest absolute Gasteiger partial charge is 0.453 e. The average Bonchev–Trinajstić information content (AvgIpc) is 2.78. The van der Waals surface area contributed by atoms with Crippen LogP contribution in [-0.4, -0.2) is 29.2 Å². The van der Waals surface area contributed by atoms with E-state index in [1.807, 2.05) is 0 Å². The lowest BCUT2D eigenvalue weighted by molar-refractivity contribution is -0.385. The number of carbonyl (C=O) groups is 3. The van der Waals surface area contributed by atoms with Crippen molar-refractivity contribution in [2.75, 3.05) is 11.9 Å². The molecule has 1 amide bonds. The van der Waals surface area contributed by atoms with Crippen molar-refractivity contribution < 1.29 is 24.0 Å². The van der Waals surface area contributed by atoms with E-state index in [4.69, 9.17) is 4.74 Å². The van der Waals surface area contributed by atoms with Gasteiger partial charge in [0.2, 0.25) is 0 Å². The summed E-state index contributed by atoms with van der Waals surface area (Å²) in [5, 5.41) is 13.9. The summed E-state index contributed by atoms with van der Waals surface area (Å²) < 4.78 is 5.01. The number of esters is 1. The van der Waals surface area contributed by atoms with Gasteiger partial charge in [0.25, 0.3) is 11.6 Å². The van der Waals surface area contributed by atoms with Crippen LogP contribution in [0.5, 0.6) is 0 Å². The average molecular weight is 418 g/mol. The second-order valence-corrected chi connectivity index (χ2v) is 6.62. The van der Waals surface area contributed by atoms with Gasteiger partial charge in [-0.05, 0) is 48.9 Å². The number of ketones is 1. The van der Waals surface area contributed by atoms with Crippen LogP contribution >= 0.6 is 0 Å². The van der Waals surface area contributed by atoms with Gasteiger partial charge in [0.1, 0.15) is 5.56 Å². The zero-order valence-electron chi connectivity index (χ0n) is 16.5. The molecular formula is C23H18N2O6. The summed E-state index contributed by atoms with van der Waals surface area (Å²) in [7, 11) is 0. The van der Waals surface area contributed by atoms with Crippen LogP contribution in [0.3, 0.4) is 0 Å². The van der Waals surface area contributed by atoms with Gasteiger partial charge in [0, 0.05) is 22.9 Å². The number of hydrogen-bond donors (Lipinski definition) is 1. The van der Waals surface area contributed by atoms with E-state index in [1.165, 1.54) is 24.3 Å². The molecule has 0 aliphatic rings. The minimum Gasteiger partial charge on any atom is -0.453 e. The monoisotopic (exact) mass is 418 g/mol. The second kappa shape index (κ2) is 9.45. The summed E-state index contributed by atoms with van der Waals surface area (Å²) in [5.74, 6) is -1.70. The predicted octanol–water partition coefficient (Wildman–Crippen LogP) is 4.20. The topological polar surface area (TPSA) is 116 Å². The minimum absolute atomic E-state index is 0.181. The van der Waals surface area contributed by atoms with Crippen LogP contribution < -0.4 is 5.32 Å². The quantitative estimate of drug-likeness (QED) is 0.266. The van der Waals surface area contributed by atoms with E-state index in [0.29, 0.717) is 16.8 Å². The van der Waals surface area contributed by atoms with Crippen LogP contribution in [0.1, 0.15) is 36.6 Å². The molecule has 3 aromatic carbocycles. The summed E-state index contributed by atoms with van der Waals surface area (Å²) in [5.41, 5.74) is 1.09. The molecule has 8 nitrogen and oxygen atoms in total. The Balaban J connectivity index is 1.62. The summed E-state index contributed by atoms with van der Waals surface area (Å²) in [6, 6.07) is 19.0. The summed E-state index contributed by atoms with van der Waals surface area (Å²) in [6.45, 7) is 0.980. The van der Waals surface area contributed by atoms with Crippen molar-refractivity contribution in [1.29, 1.82) is 0 Å². The maximum atomic E-state index is 12.3. The van der Waals surface area contributed by atoms with E-state index in [1.54, 1.807) is 55.5 Å². The number of anilines is 1. The van der Waals surface area contributed by atoms with Gasteiger partial charge >= 0.3 is 5.97 Å². The molecule has 0 saturated carbocycles. The van der Waals surface area contributed by atoms with Crippen molar-refractivity contribution in [1.82, 2.24) is 0 Å². The zero-order valence-corrected chi connectivity index (χ0v) is 16.5. The predicted molar refractivity (Wildman–Crippen MR) is 113 cm³/mol. The number of nitrogens with one attached hydrogen (secondary N) is 1. The van der Waals surface area contributed by atoms with E-state index in [0.717, 1.165) is 0 Å². The third-order valence-corrected chi connectivity index (χ3v) is 4.49. The Morgan fingerprint density at radius 2 is 1.58 bits per heavy atom. The summed E-state index contributed by atoms with van der Waals surface area (Å²) in [6.07, 6.45) is 0. The molecule has 1 N–H and O–H groups in total. The third kappa shape index (κ3) is 5.18. The van der Waals surface area contributed by atoms with Crippen molar-refractivity contribution >= 4 is 29.0 Å². The van der Waals surface area contributed by atoms with Crippen LogP contribution in [0.2, 0.25) is 0 Å². The lowest BCUT2D eigenvalue weighted by Crippen LogP contribution is -2.16. The van der Waals surface area contributed by atoms with Gasteiger partial charge in [-0.15, -0.1) is 0 Å². The molecule has 156 valence electrons. The first-order chi connectivity index (χ1) is 14.9. The first-order valence-corrected chi connectivity index (χ1v) is 9.27. The molecule has 3 rings (SSSR count). The fourth-order valence-electron chi connectivity index (χ4n) is 2.89. The Morgan fingerprint density at radius 3 is 2.23 bits per heavy atom. The number of rotatable bonds is 7. The molecule has 0 atom stereocenters. The van der Waals surface area contributed by atoms with Gasteiger partial charge in [-0.25, -0.2) is 4.79 Å². The number of aryl methyl sites for hydroxylation is 1. The second-order valence-electron chi connectivity index (χ2n) is 6.62. The molecule has 0 heterocycles. The van der Waals surface area contributed by atoms with E-state index < -0.39 is 23.3 Å². The Morgan fingerprint density at radius 1 is 0.903 bits per heavy atom. The third-order valence-electron chi connectivity index (χ3n) is 4.49. The molecule has 0 aliphatic carbocycles. The van der Waals surface area contributed by atoms with Crippen LogP contribution in [0.25, 0.3) is 0 Å². The number of Topliss-reactive ketones (excluding diaryl/α,β-unsaturated/α-hetero) is 1. The van der Waals surface area contributed by atoms with Gasteiger partial charge in [0.15, 0.2) is 12.4 Å². The normalized spacial score (nSPS) is 10.2. The Bertz CT molecular complexity index is 1140. The highest BCUT2D eigenvalue weighted by molar-refractivity contribution is 6.05. The van der Waals surface area contributed by atoms with Gasteiger partial charge in [-0.3, -0.25) is 19.7 Å². The smallest absolute Gasteiger partial charge is 0.345 e. The maximum Gasteiger partial charge on any atom is 0.345 e. The number of nitro benzene ring substituents is 1. The lowest BCUT2D eigenvalue weighted by atomic mass is 10.1. The summed E-state index contributed by atoms with van der Waals surface area (Å²) >= 11 is 0. The van der Waals surface area contributed by atoms with Gasteiger partial charge in [-0.1, -0.05) is 30.3 Å². The fourth-order valence-corrected chi connectivity index (χ4v) is 2.89. The molecule has 8 heteroatoms. The highest BCUT2D eigenvalue weighted by atomic mass is 16.6. The molecule has 0 unspecified atom stereocenters. The van der Waals surface area contributed by atoms with Crippen molar-refractivity contribution in [3.63, 3.8) is 0 Å². The van der Waals surface area contributed by atoms with Crippen LogP contribution in [0.4, 0.5) is 11.4 Å². The van der Waals surface area contributed by atoms with Gasteiger partial charge in [0.05, 0.1) is 4.92 Å². The SMILES string of the molecule is Cc1cccc([N+](=O)[O-])c1C(=O)OCC(=O)c1ccc(NC(=O)c2ccccc2)cc1. The van der Waals surface area contributed by atoms with Crippen molar-refractivity contribution in [3.8, 4) is 0 Å². The molecule has 3 aromatic rings. The van der Waals surface area contributed by atoms with E-state index in [-0.39, 0.29) is 22.7 Å². The van der Waals surface area contributed by atoms with Crippen molar-refractivity contribution in [2.24, 2.45) is 0 Å². The van der Waals surface area contributed by atoms with E-state index >= 15 is 0 Å². The number of hydrogen-bond acceptors (Lipinski definition) is 6. The lowest BCUT2D eigenvalue weighted by Gasteiger charge is -2.08. The fraction of sp³-hybridized carbons (Fsp3) is 0.0870. The summed E-state index contributed by atoms with van der Waals surface area (Å²) in [4.78, 5) is 47.3. The number of nitro groups is 1. The number of benzene rings is 3. The molecule has 31 heavy (non-hydrogen) atoms. The minimum atomic E-state index is -0.940. The highest BCUT2D eigenvalue weighted by Crippen LogP contribution is 2.23. The van der Waals surface area contributed by atoms with Gasteiger partial charge < -0.3 is 10.1 Å². The molecule has 0 spiro atoms. The van der Waals surface area contributed by atoms with Crippen LogP contribution in [0.15, 0.2) is 72.8 Å². The van der Waals surface area contributed by atoms with E-state index in [9.17, 15) is 24.5 Å². The molecule has 0 radical (unpaired) electrons. The first kappa shape index (κ1) is 21.4. The maximum absolute atomic E-state index is 12.3. The molecule has 0 aromatic heterocycles. The van der Waals surface area contributed by atoms with Crippen LogP contribution in [0, 0.1) is 17.0 Å². The molecule has 0 aliphatic heterocycles. The molecule has 0 fully saturated rings. The molecule has 0 bridgehead atoms. The highest BCUT2D eigenvalue weighted by Gasteiger charge is 2.24. The van der Waals surface area contributed by atoms with Crippen LogP contribution in [-0.2, 0) is 4.74 Å². The number of carbonyl (C=O) groups excluding carboxylic acids is 3. The Kier molecular flexibility index (Phi) is 6.51. The number of amides is 1. The number of nitrogens with zero attached hydrogens (tertiary/aromatic N) is 1. The van der Waals surface area contributed by atoms with Gasteiger partial charge in [-0.2, -0.15) is 0 Å². The molecule has 0 saturated heterocycles. The zero-order chi connectivity index (χ0) is 22.4. The Labute approximate surface area is 177 Å². The van der Waals surface area contributed by atoms with Crippen molar-refractivity contribution in [2.45, 2.75) is 6.92 Å². The standard InChI is InChI=1S/C23H18N2O6/c1-15-6-5-9-19(25(29)30)21(15)23(28)31-14-20(26)16-10-12-18(13-11-16)24-22(27)17-7-3-2-4-8-17/h2-13H,14H2,1H3,(H,24,27). The first-order valence-electron chi connectivity index (χ1n) is 9.27. The van der Waals surface area contributed by atoms with Crippen molar-refractivity contribution in [3.05, 3.63) is 105 Å². The van der Waals surface area contributed by atoms with E-state index in [2.05, 4.69) is 5.32 Å². The molecular weight excluding hydrogens is 400 g/mol.